The maximum absolute atomic E-state index is 10.7. The molecular weight excluding hydrogens is 356 g/mol. The van der Waals surface area contributed by atoms with Crippen molar-refractivity contribution in [2.45, 2.75) is 0 Å². The molecule has 10 heteroatoms. The Morgan fingerprint density at radius 1 is 1.44 bits per heavy atom. The van der Waals surface area contributed by atoms with Gasteiger partial charge < -0.3 is 4.52 Å². The minimum atomic E-state index is -4.82. The molecule has 0 spiro atoms. The minimum Gasteiger partial charge on any atom is -0.403 e. The molecular formula is C6H5INO7P. The fraction of sp³-hybridized carbons (Fsp3) is 0. The summed E-state index contributed by atoms with van der Waals surface area (Å²) in [7, 11) is -4.82. The second-order valence-corrected chi connectivity index (χ2v) is 5.30. The predicted octanol–water partition coefficient (Wildman–Crippen LogP) is 1.55. The van der Waals surface area contributed by atoms with Gasteiger partial charge in [-0.15, -0.1) is 0 Å². The van der Waals surface area contributed by atoms with Gasteiger partial charge in [0.05, 0.1) is 14.6 Å². The normalized spacial score (nSPS) is 11.1. The molecule has 88 valence electrons. The van der Waals surface area contributed by atoms with Gasteiger partial charge in [0.2, 0.25) is 0 Å². The molecule has 8 nitrogen and oxygen atoms in total. The zero-order valence-electron chi connectivity index (χ0n) is 7.44. The van der Waals surface area contributed by atoms with E-state index in [1.165, 1.54) is 0 Å². The summed E-state index contributed by atoms with van der Waals surface area (Å²) in [5.74, 6) is -0.426. The minimum absolute atomic E-state index is 0.0488. The first-order valence-corrected chi connectivity index (χ1v) is 7.13. The van der Waals surface area contributed by atoms with E-state index in [1.807, 2.05) is 0 Å². The van der Waals surface area contributed by atoms with Gasteiger partial charge in [0, 0.05) is 6.07 Å². The lowest BCUT2D eigenvalue weighted by atomic mass is 10.3. The summed E-state index contributed by atoms with van der Waals surface area (Å²) in [5.41, 5.74) is -0.398. The van der Waals surface area contributed by atoms with Crippen LogP contribution in [-0.4, -0.2) is 14.7 Å². The summed E-state index contributed by atoms with van der Waals surface area (Å²) in [6, 6.07) is 3.05. The van der Waals surface area contributed by atoms with E-state index in [-0.39, 0.29) is 3.57 Å². The Bertz CT molecular complexity index is 484. The molecule has 0 saturated carbocycles. The molecule has 16 heavy (non-hydrogen) atoms. The zero-order valence-corrected chi connectivity index (χ0v) is 10.5. The highest BCUT2D eigenvalue weighted by molar-refractivity contribution is 14.1. The topological polar surface area (TPSA) is 127 Å². The van der Waals surface area contributed by atoms with Crippen LogP contribution in [0.3, 0.4) is 0 Å². The number of non-ortho nitro benzene ring substituents is 1. The fourth-order valence-corrected chi connectivity index (χ4v) is 2.26. The van der Waals surface area contributed by atoms with Crippen molar-refractivity contribution >= 4 is 34.7 Å². The Hall–Kier alpha value is -0.900. The molecule has 0 radical (unpaired) electrons. The number of nitro benzene ring substituents is 1. The molecule has 0 amide bonds. The lowest BCUT2D eigenvalue weighted by Gasteiger charge is -2.07. The zero-order chi connectivity index (χ0) is 12.3. The highest BCUT2D eigenvalue weighted by Gasteiger charge is 2.21. The molecule has 1 aromatic carbocycles. The van der Waals surface area contributed by atoms with E-state index >= 15 is 0 Å². The van der Waals surface area contributed by atoms with Crippen molar-refractivity contribution in [2.24, 2.45) is 0 Å². The van der Waals surface area contributed by atoms with Crippen molar-refractivity contribution < 1.29 is 26.9 Å². The van der Waals surface area contributed by atoms with Crippen molar-refractivity contribution in [3.05, 3.63) is 31.9 Å². The highest BCUT2D eigenvalue weighted by Crippen LogP contribution is 2.41. The summed E-state index contributed by atoms with van der Waals surface area (Å²) in [5, 5.41) is 10.4. The Morgan fingerprint density at radius 3 is 2.50 bits per heavy atom. The van der Waals surface area contributed by atoms with E-state index in [0.717, 1.165) is 18.2 Å². The number of hydrogen-bond donors (Lipinski definition) is 2. The Labute approximate surface area is 99.3 Å². The lowest BCUT2D eigenvalue weighted by Crippen LogP contribution is -1.95. The first-order valence-electron chi connectivity index (χ1n) is 3.64. The molecule has 1 rings (SSSR count). The second kappa shape index (κ2) is 4.95. The second-order valence-electron chi connectivity index (χ2n) is 2.53. The van der Waals surface area contributed by atoms with Gasteiger partial charge in [-0.1, -0.05) is 0 Å². The van der Waals surface area contributed by atoms with Gasteiger partial charge in [-0.3, -0.25) is 23.0 Å². The number of hydrogen-bond acceptors (Lipinski definition) is 5. The van der Waals surface area contributed by atoms with Crippen LogP contribution in [0, 0.1) is 13.7 Å². The molecule has 1 aromatic rings. The van der Waals surface area contributed by atoms with Gasteiger partial charge in [0.25, 0.3) is 5.69 Å². The quantitative estimate of drug-likeness (QED) is 0.361. The maximum Gasteiger partial charge on any atom is 0.524 e. The van der Waals surface area contributed by atoms with Crippen LogP contribution in [0.25, 0.3) is 0 Å². The van der Waals surface area contributed by atoms with Crippen LogP contribution in [0.2, 0.25) is 0 Å². The van der Waals surface area contributed by atoms with Gasteiger partial charge in [-0.2, -0.15) is 0 Å². The Morgan fingerprint density at radius 2 is 2.06 bits per heavy atom. The number of phosphoric ester groups is 1. The van der Waals surface area contributed by atoms with Crippen LogP contribution >= 0.6 is 29.0 Å². The summed E-state index contributed by atoms with van der Waals surface area (Å²) >= 11 is -1.74. The van der Waals surface area contributed by atoms with Crippen LogP contribution in [0.1, 0.15) is 0 Å². The number of benzene rings is 1. The predicted molar refractivity (Wildman–Crippen MR) is 59.2 cm³/mol. The first kappa shape index (κ1) is 13.2. The molecule has 2 N–H and O–H groups in total. The number of nitro groups is 1. The third-order valence-electron chi connectivity index (χ3n) is 1.43. The molecule has 0 unspecified atom stereocenters. The van der Waals surface area contributed by atoms with E-state index in [9.17, 15) is 17.7 Å². The van der Waals surface area contributed by atoms with E-state index in [1.54, 1.807) is 0 Å². The summed E-state index contributed by atoms with van der Waals surface area (Å²) < 4.78 is 25.5. The molecule has 0 saturated heterocycles. The molecule has 0 fully saturated rings. The van der Waals surface area contributed by atoms with Crippen molar-refractivity contribution in [2.75, 3.05) is 0 Å². The third kappa shape index (κ3) is 3.59. The van der Waals surface area contributed by atoms with Crippen molar-refractivity contribution in [3.8, 4) is 5.75 Å². The summed E-state index contributed by atoms with van der Waals surface area (Å²) in [6.07, 6.45) is 0. The number of halogens is 1. The summed E-state index contributed by atoms with van der Waals surface area (Å²) in [6.45, 7) is 0. The number of phosphoric acid groups is 1. The van der Waals surface area contributed by atoms with Gasteiger partial charge in [-0.05, 0) is 6.07 Å². The maximum atomic E-state index is 10.7. The van der Waals surface area contributed by atoms with Gasteiger partial charge in [0.1, 0.15) is 0 Å². The average molecular weight is 361 g/mol. The molecule has 0 bridgehead atoms. The molecule has 0 atom stereocenters. The van der Waals surface area contributed by atoms with Crippen LogP contribution in [-0.2, 0) is 7.63 Å². The average Bonchev–Trinajstić information content (AvgIpc) is 2.15. The largest absolute Gasteiger partial charge is 0.524 e. The molecule has 0 aliphatic rings. The SMILES string of the molecule is O=Ic1ccc([N+](=O)[O-])cc1OP(=O)(O)O. The summed E-state index contributed by atoms with van der Waals surface area (Å²) in [4.78, 5) is 26.8. The monoisotopic (exact) mass is 361 g/mol. The van der Waals surface area contributed by atoms with Gasteiger partial charge >= 0.3 is 7.82 Å². The van der Waals surface area contributed by atoms with Gasteiger partial charge in [-0.25, -0.2) is 4.57 Å². The first-order chi connectivity index (χ1) is 7.33. The fourth-order valence-electron chi connectivity index (χ4n) is 0.867. The van der Waals surface area contributed by atoms with Crippen LogP contribution < -0.4 is 4.52 Å². The third-order valence-corrected chi connectivity index (χ3v) is 3.23. The van der Waals surface area contributed by atoms with E-state index in [0.29, 0.717) is 0 Å². The van der Waals surface area contributed by atoms with Crippen molar-refractivity contribution in [1.29, 1.82) is 0 Å². The van der Waals surface area contributed by atoms with Crippen molar-refractivity contribution in [1.82, 2.24) is 0 Å². The highest BCUT2D eigenvalue weighted by atomic mass is 127. The molecule has 0 heterocycles. The van der Waals surface area contributed by atoms with E-state index in [2.05, 4.69) is 4.52 Å². The number of rotatable bonds is 4. The standard InChI is InChI=1S/C6H5INO7P/c9-7-5-2-1-4(8(10)11)3-6(5)15-16(12,13)14/h1-3H,(H2,12,13,14). The van der Waals surface area contributed by atoms with E-state index < -0.39 is 45.4 Å². The molecule has 0 aromatic heterocycles. The van der Waals surface area contributed by atoms with Crippen molar-refractivity contribution in [3.63, 3.8) is 0 Å². The van der Waals surface area contributed by atoms with Crippen LogP contribution in [0.15, 0.2) is 18.2 Å². The number of nitrogens with zero attached hydrogens (tertiary/aromatic N) is 1. The molecule has 0 aliphatic carbocycles. The molecule has 0 aliphatic heterocycles. The Balaban J connectivity index is 3.22. The van der Waals surface area contributed by atoms with E-state index in [4.69, 9.17) is 9.79 Å². The van der Waals surface area contributed by atoms with Gasteiger partial charge in [0.15, 0.2) is 26.9 Å². The van der Waals surface area contributed by atoms with Crippen LogP contribution in [0.5, 0.6) is 5.75 Å². The lowest BCUT2D eigenvalue weighted by molar-refractivity contribution is -0.384. The smallest absolute Gasteiger partial charge is 0.403 e. The van der Waals surface area contributed by atoms with Crippen LogP contribution in [0.4, 0.5) is 5.69 Å². The Kier molecular flexibility index (Phi) is 4.08.